The maximum Gasteiger partial charge on any atom is 0.460 e. The number of hydrogen-bond donors (Lipinski definition) is 2. The van der Waals surface area contributed by atoms with E-state index in [4.69, 9.17) is 4.74 Å². The predicted octanol–water partition coefficient (Wildman–Crippen LogP) is 4.86. The Morgan fingerprint density at radius 3 is 1.66 bits per heavy atom. The topological polar surface area (TPSA) is 84.5 Å². The lowest BCUT2D eigenvalue weighted by Crippen LogP contribution is -2.62. The van der Waals surface area contributed by atoms with Crippen LogP contribution >= 0.6 is 0 Å². The van der Waals surface area contributed by atoms with Gasteiger partial charge in [-0.2, -0.15) is 30.7 Å². The average molecular weight is 525 g/mol. The van der Waals surface area contributed by atoms with Crippen molar-refractivity contribution in [2.24, 2.45) is 17.8 Å². The second kappa shape index (κ2) is 13.3. The van der Waals surface area contributed by atoms with Crippen LogP contribution < -0.4 is 10.6 Å². The molecule has 35 heavy (non-hydrogen) atoms. The highest BCUT2D eigenvalue weighted by atomic mass is 19.4. The fourth-order valence-corrected chi connectivity index (χ4v) is 3.00. The van der Waals surface area contributed by atoms with Gasteiger partial charge in [0.1, 0.15) is 12.1 Å². The van der Waals surface area contributed by atoms with Crippen molar-refractivity contribution in [2.45, 2.75) is 97.3 Å². The third-order valence-corrected chi connectivity index (χ3v) is 4.84. The van der Waals surface area contributed by atoms with Crippen molar-refractivity contribution in [2.75, 3.05) is 6.61 Å². The molecule has 0 radical (unpaired) electrons. The molecular formula is C22H35F7N2O4. The molecule has 0 rings (SSSR count). The quantitative estimate of drug-likeness (QED) is 0.193. The van der Waals surface area contributed by atoms with Crippen molar-refractivity contribution in [3.63, 3.8) is 0 Å². The zero-order chi connectivity index (χ0) is 27.8. The van der Waals surface area contributed by atoms with Gasteiger partial charge in [-0.1, -0.05) is 41.5 Å². The van der Waals surface area contributed by atoms with Gasteiger partial charge in [0.05, 0.1) is 6.61 Å². The highest BCUT2D eigenvalue weighted by molar-refractivity contribution is 5.93. The molecule has 0 aromatic rings. The summed E-state index contributed by atoms with van der Waals surface area (Å²) >= 11 is 0. The zero-order valence-corrected chi connectivity index (χ0v) is 20.7. The van der Waals surface area contributed by atoms with Crippen molar-refractivity contribution in [3.8, 4) is 0 Å². The zero-order valence-electron chi connectivity index (χ0n) is 20.7. The molecule has 0 bridgehead atoms. The molecular weight excluding hydrogens is 489 g/mol. The highest BCUT2D eigenvalue weighted by Gasteiger charge is 2.76. The van der Waals surface area contributed by atoms with Crippen LogP contribution in [0.2, 0.25) is 0 Å². The van der Waals surface area contributed by atoms with Crippen LogP contribution in [0.25, 0.3) is 0 Å². The second-order valence-electron chi connectivity index (χ2n) is 9.70. The number of alkyl halides is 7. The Hall–Kier alpha value is -2.08. The third kappa shape index (κ3) is 10.2. The Morgan fingerprint density at radius 2 is 1.23 bits per heavy atom. The molecule has 13 heteroatoms. The van der Waals surface area contributed by atoms with Crippen LogP contribution in [0.4, 0.5) is 30.7 Å². The summed E-state index contributed by atoms with van der Waals surface area (Å²) in [5.74, 6) is -18.1. The van der Waals surface area contributed by atoms with Gasteiger partial charge in [0.2, 0.25) is 5.91 Å². The van der Waals surface area contributed by atoms with Gasteiger partial charge in [0, 0.05) is 0 Å². The standard InChI is InChI=1S/C22H35F7N2O4/c1-12(2)8-7-9-35-18(33)16(11-14(5)6)30-17(32)15(10-13(3)4)31-19(34)20(23,24)21(25,26)22(27,28)29/h12-16H,7-11H2,1-6H3,(H,30,32)(H,31,34). The molecule has 0 aliphatic rings. The van der Waals surface area contributed by atoms with Crippen LogP contribution in [0.1, 0.15) is 67.2 Å². The van der Waals surface area contributed by atoms with E-state index >= 15 is 0 Å². The molecule has 0 aromatic heterocycles. The number of halogens is 7. The summed E-state index contributed by atoms with van der Waals surface area (Å²) in [4.78, 5) is 36.9. The van der Waals surface area contributed by atoms with E-state index < -0.39 is 53.8 Å². The molecule has 0 spiro atoms. The summed E-state index contributed by atoms with van der Waals surface area (Å²) in [5.41, 5.74) is 0. The van der Waals surface area contributed by atoms with Gasteiger partial charge in [-0.3, -0.25) is 9.59 Å². The molecule has 206 valence electrons. The van der Waals surface area contributed by atoms with Crippen LogP contribution in [0.3, 0.4) is 0 Å². The van der Waals surface area contributed by atoms with Gasteiger partial charge in [0.25, 0.3) is 5.91 Å². The SMILES string of the molecule is CC(C)CCCOC(=O)C(CC(C)C)NC(=O)C(CC(C)C)NC(=O)C(F)(F)C(F)(F)C(F)(F)F. The smallest absolute Gasteiger partial charge is 0.460 e. The van der Waals surface area contributed by atoms with Crippen molar-refractivity contribution < 1.29 is 49.9 Å². The number of hydrogen-bond acceptors (Lipinski definition) is 4. The van der Waals surface area contributed by atoms with Crippen LogP contribution in [0.5, 0.6) is 0 Å². The molecule has 2 amide bonds. The first kappa shape index (κ1) is 32.9. The van der Waals surface area contributed by atoms with Gasteiger partial charge < -0.3 is 15.4 Å². The first-order chi connectivity index (χ1) is 15.7. The summed E-state index contributed by atoms with van der Waals surface area (Å²) in [6.07, 6.45) is -5.68. The predicted molar refractivity (Wildman–Crippen MR) is 114 cm³/mol. The molecule has 0 aliphatic carbocycles. The van der Waals surface area contributed by atoms with Gasteiger partial charge in [0.15, 0.2) is 0 Å². The number of rotatable bonds is 14. The normalized spacial score (nSPS) is 14.7. The van der Waals surface area contributed by atoms with Crippen LogP contribution in [0, 0.1) is 17.8 Å². The Morgan fingerprint density at radius 1 is 0.743 bits per heavy atom. The van der Waals surface area contributed by atoms with E-state index in [0.29, 0.717) is 12.3 Å². The van der Waals surface area contributed by atoms with E-state index in [2.05, 4.69) is 5.32 Å². The van der Waals surface area contributed by atoms with E-state index in [-0.39, 0.29) is 25.4 Å². The molecule has 0 aliphatic heterocycles. The Bertz CT molecular complexity index is 710. The molecule has 6 nitrogen and oxygen atoms in total. The van der Waals surface area contributed by atoms with Crippen LogP contribution in [-0.2, 0) is 19.1 Å². The number of carbonyl (C=O) groups excluding carboxylic acids is 3. The molecule has 0 fully saturated rings. The van der Waals surface area contributed by atoms with Gasteiger partial charge in [-0.25, -0.2) is 4.79 Å². The Labute approximate surface area is 200 Å². The summed E-state index contributed by atoms with van der Waals surface area (Å²) in [5, 5.41) is 3.54. The molecule has 2 unspecified atom stereocenters. The summed E-state index contributed by atoms with van der Waals surface area (Å²) in [7, 11) is 0. The van der Waals surface area contributed by atoms with E-state index in [9.17, 15) is 45.1 Å². The minimum atomic E-state index is -6.70. The lowest BCUT2D eigenvalue weighted by Gasteiger charge is -2.29. The molecule has 0 saturated carbocycles. The lowest BCUT2D eigenvalue weighted by atomic mass is 10.00. The maximum atomic E-state index is 13.8. The number of amides is 2. The lowest BCUT2D eigenvalue weighted by molar-refractivity contribution is -0.344. The number of esters is 1. The largest absolute Gasteiger partial charge is 0.464 e. The summed E-state index contributed by atoms with van der Waals surface area (Å²) in [6.45, 7) is 10.5. The molecule has 2 N–H and O–H groups in total. The highest BCUT2D eigenvalue weighted by Crippen LogP contribution is 2.46. The summed E-state index contributed by atoms with van der Waals surface area (Å²) in [6, 6.07) is -3.15. The van der Waals surface area contributed by atoms with Crippen molar-refractivity contribution >= 4 is 17.8 Å². The van der Waals surface area contributed by atoms with E-state index in [1.54, 1.807) is 13.8 Å². The van der Waals surface area contributed by atoms with E-state index in [1.807, 2.05) is 13.8 Å². The fraction of sp³-hybridized carbons (Fsp3) is 0.864. The average Bonchev–Trinajstić information content (AvgIpc) is 2.67. The van der Waals surface area contributed by atoms with Gasteiger partial charge >= 0.3 is 24.0 Å². The monoisotopic (exact) mass is 524 g/mol. The third-order valence-electron chi connectivity index (χ3n) is 4.84. The van der Waals surface area contributed by atoms with Crippen molar-refractivity contribution in [3.05, 3.63) is 0 Å². The van der Waals surface area contributed by atoms with Crippen molar-refractivity contribution in [1.82, 2.24) is 10.6 Å². The molecule has 0 heterocycles. The number of carbonyl (C=O) groups is 3. The van der Waals surface area contributed by atoms with Gasteiger partial charge in [-0.05, 0) is 43.4 Å². The summed E-state index contributed by atoms with van der Waals surface area (Å²) < 4.78 is 96.4. The van der Waals surface area contributed by atoms with E-state index in [0.717, 1.165) is 6.42 Å². The fourth-order valence-electron chi connectivity index (χ4n) is 3.00. The van der Waals surface area contributed by atoms with Gasteiger partial charge in [-0.15, -0.1) is 0 Å². The van der Waals surface area contributed by atoms with Crippen molar-refractivity contribution in [1.29, 1.82) is 0 Å². The molecule has 0 aromatic carbocycles. The van der Waals surface area contributed by atoms with Crippen LogP contribution in [-0.4, -0.2) is 54.5 Å². The number of nitrogens with one attached hydrogen (secondary N) is 2. The number of ether oxygens (including phenoxy) is 1. The first-order valence-electron chi connectivity index (χ1n) is 11.3. The Balaban J connectivity index is 5.60. The minimum absolute atomic E-state index is 0.0619. The van der Waals surface area contributed by atoms with Crippen LogP contribution in [0.15, 0.2) is 0 Å². The second-order valence-corrected chi connectivity index (χ2v) is 9.70. The first-order valence-corrected chi connectivity index (χ1v) is 11.3. The minimum Gasteiger partial charge on any atom is -0.464 e. The Kier molecular flexibility index (Phi) is 12.5. The molecule has 2 atom stereocenters. The molecule has 0 saturated heterocycles. The van der Waals surface area contributed by atoms with E-state index in [1.165, 1.54) is 19.2 Å². The maximum absolute atomic E-state index is 13.8.